The molecule has 0 spiro atoms. The summed E-state index contributed by atoms with van der Waals surface area (Å²) in [6.45, 7) is 0. The van der Waals surface area contributed by atoms with E-state index in [9.17, 15) is 9.90 Å². The van der Waals surface area contributed by atoms with E-state index in [1.807, 2.05) is 66.7 Å². The van der Waals surface area contributed by atoms with Gasteiger partial charge in [-0.05, 0) is 29.3 Å². The highest BCUT2D eigenvalue weighted by atomic mass is 16.3. The molecule has 4 aromatic rings. The summed E-state index contributed by atoms with van der Waals surface area (Å²) in [5, 5.41) is 13.8. The third-order valence-electron chi connectivity index (χ3n) is 4.52. The third-order valence-corrected chi connectivity index (χ3v) is 4.52. The topological polar surface area (TPSA) is 77.5 Å². The molecule has 3 N–H and O–H groups in total. The zero-order valence-electron chi connectivity index (χ0n) is 15.5. The van der Waals surface area contributed by atoms with Crippen LogP contribution in [0.4, 0.5) is 0 Å². The van der Waals surface area contributed by atoms with Crippen molar-refractivity contribution in [2.75, 3.05) is 0 Å². The van der Waals surface area contributed by atoms with Crippen molar-refractivity contribution in [3.05, 3.63) is 102 Å². The average molecular weight is 381 g/mol. The number of phenols is 1. The van der Waals surface area contributed by atoms with Gasteiger partial charge in [-0.2, -0.15) is 5.10 Å². The number of nitrogens with one attached hydrogen (secondary N) is 2. The number of nitrogens with zero attached hydrogens (tertiary/aromatic N) is 1. The Kier molecular flexibility index (Phi) is 5.21. The van der Waals surface area contributed by atoms with E-state index in [1.165, 1.54) is 6.21 Å². The lowest BCUT2D eigenvalue weighted by molar-refractivity contribution is 0.0951. The van der Waals surface area contributed by atoms with Crippen molar-refractivity contribution in [1.29, 1.82) is 0 Å². The minimum atomic E-state index is -0.363. The van der Waals surface area contributed by atoms with Crippen molar-refractivity contribution in [2.24, 2.45) is 5.10 Å². The first-order chi connectivity index (χ1) is 14.2. The number of hydrazone groups is 1. The van der Waals surface area contributed by atoms with Crippen LogP contribution in [-0.4, -0.2) is 22.2 Å². The molecule has 0 atom stereocenters. The quantitative estimate of drug-likeness (QED) is 0.342. The summed E-state index contributed by atoms with van der Waals surface area (Å²) < 4.78 is 0. The van der Waals surface area contributed by atoms with Crippen LogP contribution >= 0.6 is 0 Å². The zero-order chi connectivity index (χ0) is 20.1. The van der Waals surface area contributed by atoms with Crippen molar-refractivity contribution in [2.45, 2.75) is 0 Å². The normalized spacial score (nSPS) is 10.9. The second kappa shape index (κ2) is 8.27. The van der Waals surface area contributed by atoms with E-state index < -0.39 is 0 Å². The Bertz CT molecular complexity index is 1150. The van der Waals surface area contributed by atoms with Crippen molar-refractivity contribution < 1.29 is 9.90 Å². The van der Waals surface area contributed by atoms with Crippen LogP contribution in [0.25, 0.3) is 22.4 Å². The third kappa shape index (κ3) is 4.09. The van der Waals surface area contributed by atoms with Crippen LogP contribution in [0.3, 0.4) is 0 Å². The van der Waals surface area contributed by atoms with Crippen LogP contribution in [0.1, 0.15) is 16.1 Å². The number of rotatable bonds is 5. The van der Waals surface area contributed by atoms with Crippen molar-refractivity contribution in [3.8, 4) is 28.1 Å². The fourth-order valence-electron chi connectivity index (χ4n) is 3.07. The van der Waals surface area contributed by atoms with Crippen LogP contribution < -0.4 is 5.43 Å². The Balaban J connectivity index is 1.65. The molecule has 1 aromatic heterocycles. The van der Waals surface area contributed by atoms with Gasteiger partial charge in [0, 0.05) is 16.8 Å². The summed E-state index contributed by atoms with van der Waals surface area (Å²) in [5.41, 5.74) is 7.04. The van der Waals surface area contributed by atoms with Gasteiger partial charge in [0.15, 0.2) is 0 Å². The van der Waals surface area contributed by atoms with Crippen molar-refractivity contribution in [3.63, 3.8) is 0 Å². The van der Waals surface area contributed by atoms with Gasteiger partial charge in [-0.3, -0.25) is 4.79 Å². The molecular weight excluding hydrogens is 362 g/mol. The van der Waals surface area contributed by atoms with Crippen LogP contribution in [0.15, 0.2) is 96.1 Å². The predicted molar refractivity (Wildman–Crippen MR) is 115 cm³/mol. The molecule has 5 heteroatoms. The Labute approximate surface area is 168 Å². The molecule has 3 aromatic carbocycles. The largest absolute Gasteiger partial charge is 0.507 e. The van der Waals surface area contributed by atoms with Gasteiger partial charge in [-0.15, -0.1) is 0 Å². The number of aromatic nitrogens is 1. The number of H-pyrrole nitrogens is 1. The predicted octanol–water partition coefficient (Wildman–Crippen LogP) is 4.82. The molecule has 142 valence electrons. The Hall–Kier alpha value is -4.12. The lowest BCUT2D eigenvalue weighted by Gasteiger charge is -2.03. The maximum atomic E-state index is 12.8. The second-order valence-corrected chi connectivity index (χ2v) is 6.46. The van der Waals surface area contributed by atoms with E-state index in [1.54, 1.807) is 24.3 Å². The monoisotopic (exact) mass is 381 g/mol. The highest BCUT2D eigenvalue weighted by Gasteiger charge is 2.17. The standard InChI is InChI=1S/C24H19N3O2/c28-22-14-8-7-13-19(22)16-25-27-24(29)23-20(17-9-3-1-4-10-17)15-21(26-23)18-11-5-2-6-12-18/h1-16,26,28H,(H,27,29)/b25-16+. The molecule has 0 aliphatic carbocycles. The fourth-order valence-corrected chi connectivity index (χ4v) is 3.07. The van der Waals surface area contributed by atoms with Gasteiger partial charge in [-0.25, -0.2) is 5.43 Å². The minimum absolute atomic E-state index is 0.0988. The van der Waals surface area contributed by atoms with Gasteiger partial charge < -0.3 is 10.1 Å². The molecule has 0 fully saturated rings. The number of aromatic hydroxyl groups is 1. The van der Waals surface area contributed by atoms with Crippen LogP contribution in [0, 0.1) is 0 Å². The van der Waals surface area contributed by atoms with Gasteiger partial charge in [0.2, 0.25) is 0 Å². The highest BCUT2D eigenvalue weighted by molar-refractivity contribution is 6.01. The first-order valence-corrected chi connectivity index (χ1v) is 9.17. The van der Waals surface area contributed by atoms with E-state index >= 15 is 0 Å². The number of benzene rings is 3. The molecule has 0 bridgehead atoms. The first kappa shape index (κ1) is 18.3. The molecule has 5 nitrogen and oxygen atoms in total. The van der Waals surface area contributed by atoms with Gasteiger partial charge in [0.1, 0.15) is 11.4 Å². The molecule has 0 aliphatic rings. The summed E-state index contributed by atoms with van der Waals surface area (Å²) in [4.78, 5) is 16.1. The molecule has 0 aliphatic heterocycles. The van der Waals surface area contributed by atoms with Crippen molar-refractivity contribution >= 4 is 12.1 Å². The van der Waals surface area contributed by atoms with E-state index in [4.69, 9.17) is 0 Å². The lowest BCUT2D eigenvalue weighted by atomic mass is 10.0. The summed E-state index contributed by atoms with van der Waals surface area (Å²) in [7, 11) is 0. The summed E-state index contributed by atoms with van der Waals surface area (Å²) in [6, 6.07) is 28.3. The SMILES string of the molecule is O=C(N/N=C/c1ccccc1O)c1[nH]c(-c2ccccc2)cc1-c1ccccc1. The summed E-state index contributed by atoms with van der Waals surface area (Å²) in [6.07, 6.45) is 1.41. The second-order valence-electron chi connectivity index (χ2n) is 6.46. The molecule has 29 heavy (non-hydrogen) atoms. The highest BCUT2D eigenvalue weighted by Crippen LogP contribution is 2.29. The maximum absolute atomic E-state index is 12.8. The molecular formula is C24H19N3O2. The molecule has 0 saturated heterocycles. The van der Waals surface area contributed by atoms with Crippen LogP contribution in [-0.2, 0) is 0 Å². The number of aromatic amines is 1. The fraction of sp³-hybridized carbons (Fsp3) is 0. The van der Waals surface area contributed by atoms with Gasteiger partial charge >= 0.3 is 0 Å². The summed E-state index contributed by atoms with van der Waals surface area (Å²) in [5.74, 6) is -0.264. The molecule has 0 saturated carbocycles. The van der Waals surface area contributed by atoms with E-state index in [-0.39, 0.29) is 11.7 Å². The smallest absolute Gasteiger partial charge is 0.288 e. The number of amides is 1. The Morgan fingerprint density at radius 2 is 1.48 bits per heavy atom. The van der Waals surface area contributed by atoms with Crippen LogP contribution in [0.5, 0.6) is 5.75 Å². The number of hydrogen-bond donors (Lipinski definition) is 3. The average Bonchev–Trinajstić information content (AvgIpc) is 3.22. The number of hydrogen-bond acceptors (Lipinski definition) is 3. The number of para-hydroxylation sites is 1. The maximum Gasteiger partial charge on any atom is 0.288 e. The summed E-state index contributed by atoms with van der Waals surface area (Å²) >= 11 is 0. The molecule has 0 unspecified atom stereocenters. The minimum Gasteiger partial charge on any atom is -0.507 e. The van der Waals surface area contributed by atoms with E-state index in [2.05, 4.69) is 15.5 Å². The Morgan fingerprint density at radius 3 is 2.17 bits per heavy atom. The van der Waals surface area contributed by atoms with Crippen molar-refractivity contribution in [1.82, 2.24) is 10.4 Å². The zero-order valence-corrected chi connectivity index (χ0v) is 15.5. The Morgan fingerprint density at radius 1 is 0.862 bits per heavy atom. The van der Waals surface area contributed by atoms with E-state index in [0.29, 0.717) is 11.3 Å². The molecule has 1 heterocycles. The molecule has 0 radical (unpaired) electrons. The van der Waals surface area contributed by atoms with Crippen LogP contribution in [0.2, 0.25) is 0 Å². The van der Waals surface area contributed by atoms with E-state index in [0.717, 1.165) is 22.4 Å². The van der Waals surface area contributed by atoms with Gasteiger partial charge in [-0.1, -0.05) is 72.8 Å². The van der Waals surface area contributed by atoms with Gasteiger partial charge in [0.05, 0.1) is 6.21 Å². The molecule has 1 amide bonds. The first-order valence-electron chi connectivity index (χ1n) is 9.17. The lowest BCUT2D eigenvalue weighted by Crippen LogP contribution is -2.18. The number of phenolic OH excluding ortho intramolecular Hbond substituents is 1. The molecule has 4 rings (SSSR count). The number of carbonyl (C=O) groups excluding carboxylic acids is 1. The van der Waals surface area contributed by atoms with Gasteiger partial charge in [0.25, 0.3) is 5.91 Å². The number of carbonyl (C=O) groups is 1.